The Bertz CT molecular complexity index is 578. The molecular weight excluding hydrogens is 294 g/mol. The molecule has 0 aliphatic heterocycles. The second-order valence-electron chi connectivity index (χ2n) is 7.24. The molecule has 0 saturated heterocycles. The zero-order chi connectivity index (χ0) is 16.3. The van der Waals surface area contributed by atoms with Gasteiger partial charge in [0.05, 0.1) is 4.90 Å². The van der Waals surface area contributed by atoms with Gasteiger partial charge in [0.1, 0.15) is 0 Å². The fraction of sp³-hybridized carbons (Fsp3) is 0.667. The lowest BCUT2D eigenvalue weighted by Crippen LogP contribution is -2.43. The summed E-state index contributed by atoms with van der Waals surface area (Å²) in [7, 11) is -3.41. The summed E-state index contributed by atoms with van der Waals surface area (Å²) in [5.74, 6) is 1.55. The zero-order valence-corrected chi connectivity index (χ0v) is 15.0. The predicted molar refractivity (Wildman–Crippen MR) is 91.3 cm³/mol. The Hall–Kier alpha value is -0.870. The van der Waals surface area contributed by atoms with E-state index in [0.29, 0.717) is 22.6 Å². The van der Waals surface area contributed by atoms with Crippen molar-refractivity contribution in [3.8, 4) is 0 Å². The Kier molecular flexibility index (Phi) is 5.67. The monoisotopic (exact) mass is 323 g/mol. The number of benzene rings is 1. The third kappa shape index (κ3) is 4.32. The molecule has 1 N–H and O–H groups in total. The van der Waals surface area contributed by atoms with Crippen LogP contribution in [0.4, 0.5) is 0 Å². The van der Waals surface area contributed by atoms with Crippen LogP contribution in [0.1, 0.15) is 52.5 Å². The molecule has 0 heterocycles. The van der Waals surface area contributed by atoms with Gasteiger partial charge in [-0.15, -0.1) is 0 Å². The van der Waals surface area contributed by atoms with E-state index in [1.807, 2.05) is 12.1 Å². The average molecular weight is 324 g/mol. The van der Waals surface area contributed by atoms with Crippen LogP contribution in [-0.2, 0) is 16.4 Å². The van der Waals surface area contributed by atoms with Crippen molar-refractivity contribution in [2.75, 3.05) is 0 Å². The number of sulfonamides is 1. The molecule has 22 heavy (non-hydrogen) atoms. The van der Waals surface area contributed by atoms with Gasteiger partial charge in [-0.1, -0.05) is 52.7 Å². The van der Waals surface area contributed by atoms with E-state index >= 15 is 0 Å². The molecular formula is C18H29NO2S. The smallest absolute Gasteiger partial charge is 0.208 e. The molecule has 0 aromatic heterocycles. The minimum Gasteiger partial charge on any atom is -0.208 e. The summed E-state index contributed by atoms with van der Waals surface area (Å²) in [6, 6.07) is 7.39. The number of rotatable bonds is 5. The molecule has 1 saturated carbocycles. The molecule has 1 aliphatic carbocycles. The van der Waals surface area contributed by atoms with Gasteiger partial charge in [0, 0.05) is 6.04 Å². The first-order valence-corrected chi connectivity index (χ1v) is 9.89. The van der Waals surface area contributed by atoms with Crippen LogP contribution >= 0.6 is 0 Å². The third-order valence-corrected chi connectivity index (χ3v) is 6.40. The molecule has 1 aromatic rings. The van der Waals surface area contributed by atoms with Crippen molar-refractivity contribution in [3.63, 3.8) is 0 Å². The van der Waals surface area contributed by atoms with Gasteiger partial charge >= 0.3 is 0 Å². The van der Waals surface area contributed by atoms with E-state index < -0.39 is 10.0 Å². The van der Waals surface area contributed by atoms with Crippen molar-refractivity contribution < 1.29 is 8.42 Å². The number of hydrogen-bond acceptors (Lipinski definition) is 2. The van der Waals surface area contributed by atoms with Crippen LogP contribution < -0.4 is 4.72 Å². The molecule has 0 amide bonds. The number of hydrogen-bond donors (Lipinski definition) is 1. The second-order valence-corrected chi connectivity index (χ2v) is 8.95. The third-order valence-electron chi connectivity index (χ3n) is 4.89. The maximum atomic E-state index is 12.6. The minimum absolute atomic E-state index is 0.0593. The molecule has 0 radical (unpaired) electrons. The maximum absolute atomic E-state index is 12.6. The Morgan fingerprint density at radius 2 is 1.77 bits per heavy atom. The Labute approximate surface area is 135 Å². The maximum Gasteiger partial charge on any atom is 0.240 e. The van der Waals surface area contributed by atoms with Crippen molar-refractivity contribution >= 4 is 10.0 Å². The highest BCUT2D eigenvalue weighted by atomic mass is 32.2. The second kappa shape index (κ2) is 7.14. The van der Waals surface area contributed by atoms with Crippen molar-refractivity contribution in [3.05, 3.63) is 29.8 Å². The standard InChI is InChI=1S/C18H29NO2S/c1-13(2)12-16-8-10-17(11-9-16)22(20,21)19-18-7-5-6-14(3)15(18)4/h8-11,13-15,18-19H,5-7,12H2,1-4H3/t14-,15-,18-/m1/s1. The molecule has 0 spiro atoms. The van der Waals surface area contributed by atoms with Crippen LogP contribution in [0.15, 0.2) is 29.2 Å². The highest BCUT2D eigenvalue weighted by Gasteiger charge is 2.30. The van der Waals surface area contributed by atoms with Gasteiger partial charge in [0.2, 0.25) is 10.0 Å². The normalized spacial score (nSPS) is 26.3. The van der Waals surface area contributed by atoms with Gasteiger partial charge in [-0.25, -0.2) is 13.1 Å². The first-order valence-electron chi connectivity index (χ1n) is 8.41. The van der Waals surface area contributed by atoms with E-state index in [-0.39, 0.29) is 6.04 Å². The Balaban J connectivity index is 2.09. The minimum atomic E-state index is -3.41. The van der Waals surface area contributed by atoms with E-state index in [9.17, 15) is 8.42 Å². The summed E-state index contributed by atoms with van der Waals surface area (Å²) in [5, 5.41) is 0. The highest BCUT2D eigenvalue weighted by molar-refractivity contribution is 7.89. The summed E-state index contributed by atoms with van der Waals surface area (Å²) in [6.07, 6.45) is 4.22. The lowest BCUT2D eigenvalue weighted by atomic mass is 9.78. The van der Waals surface area contributed by atoms with Gasteiger partial charge in [-0.3, -0.25) is 0 Å². The van der Waals surface area contributed by atoms with E-state index in [0.717, 1.165) is 19.3 Å². The van der Waals surface area contributed by atoms with Gasteiger partial charge < -0.3 is 0 Å². The van der Waals surface area contributed by atoms with Crippen LogP contribution in [0.3, 0.4) is 0 Å². The van der Waals surface area contributed by atoms with Crippen molar-refractivity contribution in [1.82, 2.24) is 4.72 Å². The summed E-state index contributed by atoms with van der Waals surface area (Å²) < 4.78 is 28.1. The summed E-state index contributed by atoms with van der Waals surface area (Å²) >= 11 is 0. The average Bonchev–Trinajstić information content (AvgIpc) is 2.44. The van der Waals surface area contributed by atoms with Gasteiger partial charge in [0.15, 0.2) is 0 Å². The molecule has 3 atom stereocenters. The molecule has 0 unspecified atom stereocenters. The number of nitrogens with one attached hydrogen (secondary N) is 1. The lowest BCUT2D eigenvalue weighted by molar-refractivity contribution is 0.227. The zero-order valence-electron chi connectivity index (χ0n) is 14.2. The quantitative estimate of drug-likeness (QED) is 0.890. The Morgan fingerprint density at radius 1 is 1.14 bits per heavy atom. The predicted octanol–water partition coefficient (Wildman–Crippen LogP) is 3.99. The summed E-state index contributed by atoms with van der Waals surface area (Å²) in [5.41, 5.74) is 1.19. The molecule has 1 aromatic carbocycles. The van der Waals surface area contributed by atoms with Gasteiger partial charge in [-0.2, -0.15) is 0 Å². The molecule has 4 heteroatoms. The fourth-order valence-electron chi connectivity index (χ4n) is 3.29. The van der Waals surface area contributed by atoms with E-state index in [1.54, 1.807) is 12.1 Å². The van der Waals surface area contributed by atoms with E-state index in [2.05, 4.69) is 32.4 Å². The lowest BCUT2D eigenvalue weighted by Gasteiger charge is -2.34. The summed E-state index contributed by atoms with van der Waals surface area (Å²) in [6.45, 7) is 8.70. The van der Waals surface area contributed by atoms with Crippen molar-refractivity contribution in [2.45, 2.75) is 64.3 Å². The van der Waals surface area contributed by atoms with E-state index in [4.69, 9.17) is 0 Å². The molecule has 124 valence electrons. The molecule has 1 fully saturated rings. The molecule has 0 bridgehead atoms. The topological polar surface area (TPSA) is 46.2 Å². The van der Waals surface area contributed by atoms with Crippen LogP contribution in [0.25, 0.3) is 0 Å². The van der Waals surface area contributed by atoms with E-state index in [1.165, 1.54) is 12.0 Å². The SMILES string of the molecule is CC(C)Cc1ccc(S(=O)(=O)N[C@@H]2CCC[C@@H](C)[C@H]2C)cc1. The molecule has 2 rings (SSSR count). The largest absolute Gasteiger partial charge is 0.240 e. The van der Waals surface area contributed by atoms with Crippen LogP contribution in [0, 0.1) is 17.8 Å². The van der Waals surface area contributed by atoms with Crippen LogP contribution in [-0.4, -0.2) is 14.5 Å². The highest BCUT2D eigenvalue weighted by Crippen LogP contribution is 2.30. The van der Waals surface area contributed by atoms with Crippen LogP contribution in [0.2, 0.25) is 0 Å². The fourth-order valence-corrected chi connectivity index (χ4v) is 4.65. The Morgan fingerprint density at radius 3 is 2.36 bits per heavy atom. The molecule has 1 aliphatic rings. The van der Waals surface area contributed by atoms with Crippen molar-refractivity contribution in [2.24, 2.45) is 17.8 Å². The van der Waals surface area contributed by atoms with Crippen molar-refractivity contribution in [1.29, 1.82) is 0 Å². The van der Waals surface area contributed by atoms with Crippen LogP contribution in [0.5, 0.6) is 0 Å². The van der Waals surface area contributed by atoms with Gasteiger partial charge in [-0.05, 0) is 48.3 Å². The first kappa shape index (κ1) is 17.5. The molecule has 3 nitrogen and oxygen atoms in total. The first-order chi connectivity index (χ1) is 10.3. The van der Waals surface area contributed by atoms with Gasteiger partial charge in [0.25, 0.3) is 0 Å². The summed E-state index contributed by atoms with van der Waals surface area (Å²) in [4.78, 5) is 0.380.